The van der Waals surface area contributed by atoms with Crippen LogP contribution in [-0.2, 0) is 0 Å². The quantitative estimate of drug-likeness (QED) is 0.834. The number of carbonyl (C=O) groups excluding carboxylic acids is 1. The minimum Gasteiger partial charge on any atom is -0.337 e. The first-order chi connectivity index (χ1) is 7.58. The maximum absolute atomic E-state index is 13.5. The highest BCUT2D eigenvalue weighted by Gasteiger charge is 2.26. The second-order valence-electron chi connectivity index (χ2n) is 4.28. The number of hydrogen-bond acceptors (Lipinski definition) is 2. The fraction of sp³-hybridized carbons (Fsp3) is 0.417. The molecule has 17 heavy (non-hydrogen) atoms. The van der Waals surface area contributed by atoms with Crippen molar-refractivity contribution < 1.29 is 9.18 Å². The number of halogens is 2. The Bertz CT molecular complexity index is 425. The standard InChI is InChI=1S/C12H15FN2O.ClH/c1-8-2-3-11(13)10(6-8)12(16)15-5-4-9(14)7-15;/h2-3,6,9H,4-5,7,14H2,1H3;1H. The highest BCUT2D eigenvalue weighted by atomic mass is 35.5. The van der Waals surface area contributed by atoms with Gasteiger partial charge in [0.15, 0.2) is 0 Å². The van der Waals surface area contributed by atoms with Crippen molar-refractivity contribution in [1.82, 2.24) is 4.90 Å². The summed E-state index contributed by atoms with van der Waals surface area (Å²) in [6, 6.07) is 4.60. The van der Waals surface area contributed by atoms with Gasteiger partial charge in [-0.25, -0.2) is 4.39 Å². The van der Waals surface area contributed by atoms with E-state index in [1.165, 1.54) is 6.07 Å². The van der Waals surface area contributed by atoms with Crippen molar-refractivity contribution >= 4 is 18.3 Å². The van der Waals surface area contributed by atoms with Gasteiger partial charge in [0.1, 0.15) is 5.82 Å². The summed E-state index contributed by atoms with van der Waals surface area (Å²) in [5, 5.41) is 0. The number of nitrogens with two attached hydrogens (primary N) is 1. The molecule has 1 aromatic rings. The van der Waals surface area contributed by atoms with Crippen LogP contribution in [0, 0.1) is 12.7 Å². The molecular weight excluding hydrogens is 243 g/mol. The predicted octanol–water partition coefficient (Wildman–Crippen LogP) is 1.73. The fourth-order valence-corrected chi connectivity index (χ4v) is 1.95. The summed E-state index contributed by atoms with van der Waals surface area (Å²) in [5.74, 6) is -0.717. The zero-order chi connectivity index (χ0) is 11.7. The molecule has 1 atom stereocenters. The average molecular weight is 259 g/mol. The van der Waals surface area contributed by atoms with E-state index in [1.807, 2.05) is 6.92 Å². The van der Waals surface area contributed by atoms with E-state index in [2.05, 4.69) is 0 Å². The van der Waals surface area contributed by atoms with Gasteiger partial charge >= 0.3 is 0 Å². The maximum atomic E-state index is 13.5. The number of carbonyl (C=O) groups is 1. The number of benzene rings is 1. The molecule has 1 aromatic carbocycles. The molecule has 1 amide bonds. The van der Waals surface area contributed by atoms with Crippen LogP contribution in [0.2, 0.25) is 0 Å². The molecule has 1 aliphatic rings. The molecule has 1 saturated heterocycles. The predicted molar refractivity (Wildman–Crippen MR) is 66.9 cm³/mol. The van der Waals surface area contributed by atoms with Crippen LogP contribution in [0.5, 0.6) is 0 Å². The summed E-state index contributed by atoms with van der Waals surface area (Å²) in [4.78, 5) is 13.6. The van der Waals surface area contributed by atoms with Crippen molar-refractivity contribution in [2.45, 2.75) is 19.4 Å². The van der Waals surface area contributed by atoms with E-state index in [0.29, 0.717) is 13.1 Å². The van der Waals surface area contributed by atoms with Crippen LogP contribution >= 0.6 is 12.4 Å². The van der Waals surface area contributed by atoms with Crippen molar-refractivity contribution in [2.24, 2.45) is 5.73 Å². The van der Waals surface area contributed by atoms with Crippen molar-refractivity contribution in [1.29, 1.82) is 0 Å². The van der Waals surface area contributed by atoms with Gasteiger partial charge in [-0.3, -0.25) is 4.79 Å². The van der Waals surface area contributed by atoms with Gasteiger partial charge in [0.05, 0.1) is 5.56 Å². The molecule has 2 N–H and O–H groups in total. The van der Waals surface area contributed by atoms with Gasteiger partial charge < -0.3 is 10.6 Å². The van der Waals surface area contributed by atoms with Gasteiger partial charge in [-0.05, 0) is 25.5 Å². The maximum Gasteiger partial charge on any atom is 0.256 e. The van der Waals surface area contributed by atoms with Crippen LogP contribution in [0.15, 0.2) is 18.2 Å². The lowest BCUT2D eigenvalue weighted by Gasteiger charge is -2.16. The van der Waals surface area contributed by atoms with Gasteiger partial charge in [-0.1, -0.05) is 11.6 Å². The lowest BCUT2D eigenvalue weighted by Crippen LogP contribution is -2.32. The lowest BCUT2D eigenvalue weighted by molar-refractivity contribution is 0.0786. The highest BCUT2D eigenvalue weighted by Crippen LogP contribution is 2.16. The first-order valence-electron chi connectivity index (χ1n) is 5.39. The summed E-state index contributed by atoms with van der Waals surface area (Å²) < 4.78 is 13.5. The van der Waals surface area contributed by atoms with Crippen LogP contribution < -0.4 is 5.73 Å². The Labute approximate surface area is 106 Å². The van der Waals surface area contributed by atoms with Crippen LogP contribution in [0.1, 0.15) is 22.3 Å². The third-order valence-electron chi connectivity index (χ3n) is 2.86. The Morgan fingerprint density at radius 2 is 2.24 bits per heavy atom. The zero-order valence-electron chi connectivity index (χ0n) is 9.65. The lowest BCUT2D eigenvalue weighted by atomic mass is 10.1. The molecule has 0 aromatic heterocycles. The van der Waals surface area contributed by atoms with E-state index in [9.17, 15) is 9.18 Å². The smallest absolute Gasteiger partial charge is 0.256 e. The zero-order valence-corrected chi connectivity index (χ0v) is 10.5. The SMILES string of the molecule is Cc1ccc(F)c(C(=O)N2CCC(N)C2)c1.Cl. The van der Waals surface area contributed by atoms with Crippen molar-refractivity contribution in [3.05, 3.63) is 35.1 Å². The molecular formula is C12H16ClFN2O. The number of amides is 1. The molecule has 5 heteroatoms. The second-order valence-corrected chi connectivity index (χ2v) is 4.28. The number of nitrogens with zero attached hydrogens (tertiary/aromatic N) is 1. The van der Waals surface area contributed by atoms with Gasteiger partial charge in [-0.2, -0.15) is 0 Å². The molecule has 1 unspecified atom stereocenters. The molecule has 3 nitrogen and oxygen atoms in total. The Kier molecular flexibility index (Phi) is 4.48. The van der Waals surface area contributed by atoms with E-state index in [4.69, 9.17) is 5.73 Å². The van der Waals surface area contributed by atoms with Crippen LogP contribution in [-0.4, -0.2) is 29.9 Å². The summed E-state index contributed by atoms with van der Waals surface area (Å²) in [5.41, 5.74) is 6.75. The normalized spacial score (nSPS) is 19.0. The topological polar surface area (TPSA) is 46.3 Å². The van der Waals surface area contributed by atoms with E-state index in [0.717, 1.165) is 12.0 Å². The Morgan fingerprint density at radius 1 is 1.53 bits per heavy atom. The molecule has 1 heterocycles. The third-order valence-corrected chi connectivity index (χ3v) is 2.86. The molecule has 0 spiro atoms. The van der Waals surface area contributed by atoms with Gasteiger partial charge in [0.25, 0.3) is 5.91 Å². The molecule has 0 aliphatic carbocycles. The van der Waals surface area contributed by atoms with E-state index in [-0.39, 0.29) is 29.9 Å². The van der Waals surface area contributed by atoms with Gasteiger partial charge in [0, 0.05) is 19.1 Å². The number of aryl methyl sites for hydroxylation is 1. The summed E-state index contributed by atoms with van der Waals surface area (Å²) >= 11 is 0. The first-order valence-corrected chi connectivity index (χ1v) is 5.39. The van der Waals surface area contributed by atoms with Crippen LogP contribution in [0.25, 0.3) is 0 Å². The third kappa shape index (κ3) is 2.96. The number of rotatable bonds is 1. The average Bonchev–Trinajstić information content (AvgIpc) is 2.67. The fourth-order valence-electron chi connectivity index (χ4n) is 1.95. The van der Waals surface area contributed by atoms with Gasteiger partial charge in [0.2, 0.25) is 0 Å². The minimum atomic E-state index is -0.462. The highest BCUT2D eigenvalue weighted by molar-refractivity contribution is 5.94. The summed E-state index contributed by atoms with van der Waals surface area (Å²) in [6.07, 6.45) is 0.791. The molecule has 0 bridgehead atoms. The van der Waals surface area contributed by atoms with Crippen molar-refractivity contribution in [3.8, 4) is 0 Å². The number of hydrogen-bond donors (Lipinski definition) is 1. The molecule has 1 fully saturated rings. The van der Waals surface area contributed by atoms with Crippen LogP contribution in [0.4, 0.5) is 4.39 Å². The van der Waals surface area contributed by atoms with E-state index in [1.54, 1.807) is 17.0 Å². The molecule has 0 radical (unpaired) electrons. The Balaban J connectivity index is 0.00000144. The Morgan fingerprint density at radius 3 is 2.82 bits per heavy atom. The molecule has 2 rings (SSSR count). The number of likely N-dealkylation sites (tertiary alicyclic amines) is 1. The monoisotopic (exact) mass is 258 g/mol. The summed E-state index contributed by atoms with van der Waals surface area (Å²) in [6.45, 7) is 2.98. The van der Waals surface area contributed by atoms with E-state index < -0.39 is 5.82 Å². The minimum absolute atomic E-state index is 0. The second kappa shape index (κ2) is 5.47. The van der Waals surface area contributed by atoms with Crippen molar-refractivity contribution in [3.63, 3.8) is 0 Å². The van der Waals surface area contributed by atoms with Crippen molar-refractivity contribution in [2.75, 3.05) is 13.1 Å². The largest absolute Gasteiger partial charge is 0.337 e. The summed E-state index contributed by atoms with van der Waals surface area (Å²) in [7, 11) is 0. The van der Waals surface area contributed by atoms with E-state index >= 15 is 0 Å². The Hall–Kier alpha value is -1.13. The molecule has 0 saturated carbocycles. The van der Waals surface area contributed by atoms with Gasteiger partial charge in [-0.15, -0.1) is 12.4 Å². The first kappa shape index (κ1) is 13.9. The molecule has 1 aliphatic heterocycles. The molecule has 94 valence electrons. The van der Waals surface area contributed by atoms with Crippen LogP contribution in [0.3, 0.4) is 0 Å².